The van der Waals surface area contributed by atoms with Crippen molar-refractivity contribution in [3.63, 3.8) is 0 Å². The maximum Gasteiger partial charge on any atom is 0.257 e. The van der Waals surface area contributed by atoms with Crippen LogP contribution in [0.3, 0.4) is 0 Å². The summed E-state index contributed by atoms with van der Waals surface area (Å²) in [4.78, 5) is 26.5. The van der Waals surface area contributed by atoms with E-state index in [-0.39, 0.29) is 5.91 Å². The number of nitrogens with zero attached hydrogens (tertiary/aromatic N) is 4. The molecule has 0 unspecified atom stereocenters. The molecule has 0 aliphatic carbocycles. The van der Waals surface area contributed by atoms with Gasteiger partial charge in [0.1, 0.15) is 0 Å². The molecule has 3 rings (SSSR count). The number of aromatic nitrogens is 2. The fraction of sp³-hybridized carbons (Fsp3) is 0.476. The molecule has 1 aliphatic rings. The van der Waals surface area contributed by atoms with Crippen LogP contribution in [-0.2, 0) is 0 Å². The van der Waals surface area contributed by atoms with Crippen molar-refractivity contribution < 1.29 is 4.79 Å². The van der Waals surface area contributed by atoms with Crippen LogP contribution in [0.5, 0.6) is 0 Å². The number of carbonyl (C=O) groups is 1. The molecule has 0 saturated carbocycles. The van der Waals surface area contributed by atoms with E-state index >= 15 is 0 Å². The third-order valence-electron chi connectivity index (χ3n) is 5.19. The zero-order chi connectivity index (χ0) is 18.7. The molecule has 2 heterocycles. The van der Waals surface area contributed by atoms with Gasteiger partial charge in [0.05, 0.1) is 11.3 Å². The van der Waals surface area contributed by atoms with Crippen molar-refractivity contribution in [2.75, 3.05) is 19.6 Å². The molecule has 0 radical (unpaired) electrons. The lowest BCUT2D eigenvalue weighted by Crippen LogP contribution is -2.56. The summed E-state index contributed by atoms with van der Waals surface area (Å²) < 4.78 is 0. The lowest BCUT2D eigenvalue weighted by molar-refractivity contribution is 0.0370. The summed E-state index contributed by atoms with van der Waals surface area (Å²) in [5, 5.41) is 0. The summed E-state index contributed by atoms with van der Waals surface area (Å²) in [6.07, 6.45) is 2.73. The number of aryl methyl sites for hydroxylation is 1. The van der Waals surface area contributed by atoms with Gasteiger partial charge in [-0.25, -0.2) is 9.97 Å². The molecule has 1 amide bonds. The predicted molar refractivity (Wildman–Crippen MR) is 104 cm³/mol. The predicted octanol–water partition coefficient (Wildman–Crippen LogP) is 3.40. The second-order valence-electron chi connectivity index (χ2n) is 7.20. The van der Waals surface area contributed by atoms with Crippen molar-refractivity contribution in [2.24, 2.45) is 0 Å². The number of benzene rings is 1. The number of piperazine rings is 1. The van der Waals surface area contributed by atoms with E-state index in [0.717, 1.165) is 37.3 Å². The molecule has 2 aromatic rings. The molecule has 1 aliphatic heterocycles. The molecule has 0 N–H and O–H groups in total. The van der Waals surface area contributed by atoms with Gasteiger partial charge in [0.2, 0.25) is 0 Å². The van der Waals surface area contributed by atoms with Gasteiger partial charge < -0.3 is 4.90 Å². The second-order valence-corrected chi connectivity index (χ2v) is 7.20. The third-order valence-corrected chi connectivity index (χ3v) is 5.19. The maximum absolute atomic E-state index is 13.0. The van der Waals surface area contributed by atoms with Gasteiger partial charge in [-0.1, -0.05) is 37.3 Å². The molecule has 5 nitrogen and oxygen atoms in total. The second kappa shape index (κ2) is 7.96. The summed E-state index contributed by atoms with van der Waals surface area (Å²) in [7, 11) is 0. The molecule has 1 fully saturated rings. The van der Waals surface area contributed by atoms with Crippen molar-refractivity contribution >= 4 is 5.91 Å². The van der Waals surface area contributed by atoms with E-state index in [4.69, 9.17) is 0 Å². The van der Waals surface area contributed by atoms with Crippen LogP contribution in [-0.4, -0.2) is 57.4 Å². The fourth-order valence-corrected chi connectivity index (χ4v) is 3.67. The smallest absolute Gasteiger partial charge is 0.257 e. The zero-order valence-corrected chi connectivity index (χ0v) is 16.1. The Bertz CT molecular complexity index is 760. The van der Waals surface area contributed by atoms with Gasteiger partial charge in [0.25, 0.3) is 5.91 Å². The number of amides is 1. The Balaban J connectivity index is 1.78. The van der Waals surface area contributed by atoms with Crippen molar-refractivity contribution in [3.05, 3.63) is 47.8 Å². The van der Waals surface area contributed by atoms with Crippen LogP contribution < -0.4 is 0 Å². The van der Waals surface area contributed by atoms with Gasteiger partial charge in [0.15, 0.2) is 5.82 Å². The highest BCUT2D eigenvalue weighted by Gasteiger charge is 2.31. The van der Waals surface area contributed by atoms with Gasteiger partial charge in [0, 0.05) is 43.5 Å². The molecule has 26 heavy (non-hydrogen) atoms. The normalized spacial score (nSPS) is 18.3. The van der Waals surface area contributed by atoms with Crippen LogP contribution in [0.2, 0.25) is 0 Å². The molecule has 1 aromatic heterocycles. The maximum atomic E-state index is 13.0. The van der Waals surface area contributed by atoms with Gasteiger partial charge in [-0.3, -0.25) is 9.69 Å². The Labute approximate surface area is 156 Å². The minimum Gasteiger partial charge on any atom is -0.336 e. The molecule has 1 atom stereocenters. The van der Waals surface area contributed by atoms with E-state index in [1.54, 1.807) is 6.20 Å². The highest BCUT2D eigenvalue weighted by Crippen LogP contribution is 2.20. The highest BCUT2D eigenvalue weighted by atomic mass is 16.2. The van der Waals surface area contributed by atoms with Gasteiger partial charge in [-0.15, -0.1) is 0 Å². The summed E-state index contributed by atoms with van der Waals surface area (Å²) in [5.41, 5.74) is 2.31. The Hall–Kier alpha value is -2.27. The van der Waals surface area contributed by atoms with Crippen LogP contribution in [0.15, 0.2) is 36.5 Å². The van der Waals surface area contributed by atoms with Crippen LogP contribution in [0.1, 0.15) is 43.2 Å². The van der Waals surface area contributed by atoms with E-state index in [0.29, 0.717) is 23.5 Å². The Kier molecular flexibility index (Phi) is 5.67. The standard InChI is InChI=1S/C21H28N4O/c1-5-18-14-24(11-12-25(18)15(2)3)21(26)19-13-22-20(23-16(19)4)17-9-7-6-8-10-17/h6-10,13,15,18H,5,11-12,14H2,1-4H3/t18-/m0/s1. The van der Waals surface area contributed by atoms with E-state index < -0.39 is 0 Å². The fourth-order valence-electron chi connectivity index (χ4n) is 3.67. The van der Waals surface area contributed by atoms with E-state index in [1.807, 2.05) is 42.2 Å². The van der Waals surface area contributed by atoms with Crippen LogP contribution in [0.4, 0.5) is 0 Å². The van der Waals surface area contributed by atoms with Crippen LogP contribution >= 0.6 is 0 Å². The van der Waals surface area contributed by atoms with Crippen LogP contribution in [0, 0.1) is 6.92 Å². The Morgan fingerprint density at radius 1 is 1.23 bits per heavy atom. The molecule has 0 spiro atoms. The average molecular weight is 352 g/mol. The lowest BCUT2D eigenvalue weighted by Gasteiger charge is -2.43. The van der Waals surface area contributed by atoms with Crippen molar-refractivity contribution in [1.82, 2.24) is 19.8 Å². The van der Waals surface area contributed by atoms with E-state index in [9.17, 15) is 4.79 Å². The van der Waals surface area contributed by atoms with Gasteiger partial charge in [-0.2, -0.15) is 0 Å². The first-order chi connectivity index (χ1) is 12.5. The summed E-state index contributed by atoms with van der Waals surface area (Å²) in [6, 6.07) is 10.8. The third kappa shape index (κ3) is 3.78. The Morgan fingerprint density at radius 3 is 2.58 bits per heavy atom. The number of rotatable bonds is 4. The summed E-state index contributed by atoms with van der Waals surface area (Å²) in [5.74, 6) is 0.708. The molecule has 138 valence electrons. The van der Waals surface area contributed by atoms with Crippen LogP contribution in [0.25, 0.3) is 11.4 Å². The Morgan fingerprint density at radius 2 is 1.96 bits per heavy atom. The summed E-state index contributed by atoms with van der Waals surface area (Å²) in [6.45, 7) is 11.0. The molecule has 0 bridgehead atoms. The van der Waals surface area contributed by atoms with Gasteiger partial charge >= 0.3 is 0 Å². The zero-order valence-electron chi connectivity index (χ0n) is 16.1. The number of carbonyl (C=O) groups excluding carboxylic acids is 1. The van der Waals surface area contributed by atoms with Gasteiger partial charge in [-0.05, 0) is 27.2 Å². The molecule has 1 aromatic carbocycles. The quantitative estimate of drug-likeness (QED) is 0.846. The first kappa shape index (κ1) is 18.5. The molecular formula is C21H28N4O. The number of hydrogen-bond donors (Lipinski definition) is 0. The SMILES string of the molecule is CC[C@H]1CN(C(=O)c2cnc(-c3ccccc3)nc2C)CCN1C(C)C. The van der Waals surface area contributed by atoms with Crippen molar-refractivity contribution in [1.29, 1.82) is 0 Å². The topological polar surface area (TPSA) is 49.3 Å². The molecule has 1 saturated heterocycles. The first-order valence-electron chi connectivity index (χ1n) is 9.45. The minimum atomic E-state index is 0.0453. The van der Waals surface area contributed by atoms with E-state index in [1.165, 1.54) is 0 Å². The van der Waals surface area contributed by atoms with E-state index in [2.05, 4.69) is 35.6 Å². The lowest BCUT2D eigenvalue weighted by atomic mass is 10.1. The van der Waals surface area contributed by atoms with Crippen molar-refractivity contribution in [2.45, 2.75) is 46.2 Å². The largest absolute Gasteiger partial charge is 0.336 e. The molecular weight excluding hydrogens is 324 g/mol. The average Bonchev–Trinajstić information content (AvgIpc) is 2.67. The first-order valence-corrected chi connectivity index (χ1v) is 9.45. The monoisotopic (exact) mass is 352 g/mol. The highest BCUT2D eigenvalue weighted by molar-refractivity contribution is 5.95. The van der Waals surface area contributed by atoms with Crippen molar-refractivity contribution in [3.8, 4) is 11.4 Å². The summed E-state index contributed by atoms with van der Waals surface area (Å²) >= 11 is 0. The number of hydrogen-bond acceptors (Lipinski definition) is 4. The minimum absolute atomic E-state index is 0.0453. The molecule has 5 heteroatoms.